The molecule has 4 heterocycles. The van der Waals surface area contributed by atoms with Gasteiger partial charge in [-0.1, -0.05) is 22.9 Å². The smallest absolute Gasteiger partial charge is 0.280 e. The third-order valence-electron chi connectivity index (χ3n) is 5.25. The lowest BCUT2D eigenvalue weighted by atomic mass is 9.79. The summed E-state index contributed by atoms with van der Waals surface area (Å²) in [7, 11) is 0. The Balaban J connectivity index is 1.40. The number of fused-ring (bicyclic) bond motifs is 3. The monoisotopic (exact) mass is 377 g/mol. The van der Waals surface area contributed by atoms with Crippen LogP contribution in [0.4, 0.5) is 0 Å². The van der Waals surface area contributed by atoms with E-state index in [9.17, 15) is 4.79 Å². The lowest BCUT2D eigenvalue weighted by Gasteiger charge is -2.49. The molecule has 0 saturated carbocycles. The SMILES string of the molecule is C[C@H]1[C@H](NC(=O)c2ccc(Oc3ncc(Cl)s3)cc2)C2CCN1CC2. The third kappa shape index (κ3) is 3.52. The first-order valence-electron chi connectivity index (χ1n) is 8.54. The van der Waals surface area contributed by atoms with Crippen LogP contribution in [0.1, 0.15) is 30.1 Å². The Labute approximate surface area is 156 Å². The van der Waals surface area contributed by atoms with Crippen LogP contribution in [0.15, 0.2) is 30.5 Å². The van der Waals surface area contributed by atoms with Gasteiger partial charge in [-0.2, -0.15) is 0 Å². The predicted octanol–water partition coefficient (Wildman–Crippen LogP) is 3.80. The molecule has 2 bridgehead atoms. The van der Waals surface area contributed by atoms with Crippen molar-refractivity contribution >= 4 is 28.8 Å². The van der Waals surface area contributed by atoms with Gasteiger partial charge in [0.25, 0.3) is 11.1 Å². The summed E-state index contributed by atoms with van der Waals surface area (Å²) < 4.78 is 6.21. The summed E-state index contributed by atoms with van der Waals surface area (Å²) in [6, 6.07) is 7.78. The second kappa shape index (κ2) is 6.94. The van der Waals surface area contributed by atoms with Crippen LogP contribution in [0, 0.1) is 5.92 Å². The zero-order chi connectivity index (χ0) is 17.4. The highest BCUT2D eigenvalue weighted by Crippen LogP contribution is 2.32. The van der Waals surface area contributed by atoms with E-state index in [1.54, 1.807) is 30.5 Å². The van der Waals surface area contributed by atoms with Gasteiger partial charge < -0.3 is 10.1 Å². The maximum atomic E-state index is 12.6. The van der Waals surface area contributed by atoms with Crippen molar-refractivity contribution in [1.82, 2.24) is 15.2 Å². The van der Waals surface area contributed by atoms with Gasteiger partial charge in [-0.05, 0) is 63.0 Å². The Morgan fingerprint density at radius 2 is 2.04 bits per heavy atom. The number of carbonyl (C=O) groups is 1. The van der Waals surface area contributed by atoms with Crippen molar-refractivity contribution in [3.63, 3.8) is 0 Å². The number of aromatic nitrogens is 1. The number of thiazole rings is 1. The molecule has 3 saturated heterocycles. The van der Waals surface area contributed by atoms with Crippen molar-refractivity contribution < 1.29 is 9.53 Å². The number of halogens is 1. The number of nitrogens with zero attached hydrogens (tertiary/aromatic N) is 2. The molecule has 0 spiro atoms. The molecule has 5 nitrogen and oxygen atoms in total. The van der Waals surface area contributed by atoms with Gasteiger partial charge in [-0.25, -0.2) is 4.98 Å². The molecule has 132 valence electrons. The molecule has 1 aromatic carbocycles. The summed E-state index contributed by atoms with van der Waals surface area (Å²) in [5.74, 6) is 1.22. The zero-order valence-electron chi connectivity index (χ0n) is 13.9. The summed E-state index contributed by atoms with van der Waals surface area (Å²) >= 11 is 7.12. The molecule has 1 amide bonds. The molecule has 2 atom stereocenters. The Bertz CT molecular complexity index is 754. The van der Waals surface area contributed by atoms with Gasteiger partial charge in [0.15, 0.2) is 0 Å². The molecular formula is C18H20ClN3O2S. The summed E-state index contributed by atoms with van der Waals surface area (Å²) in [5, 5.41) is 3.73. The number of amides is 1. The van der Waals surface area contributed by atoms with Crippen molar-refractivity contribution in [3.8, 4) is 10.9 Å². The van der Waals surface area contributed by atoms with Gasteiger partial charge in [0.2, 0.25) is 0 Å². The molecule has 25 heavy (non-hydrogen) atoms. The van der Waals surface area contributed by atoms with E-state index in [0.717, 1.165) is 13.1 Å². The van der Waals surface area contributed by atoms with Gasteiger partial charge in [0.1, 0.15) is 10.1 Å². The van der Waals surface area contributed by atoms with Crippen LogP contribution in [0.5, 0.6) is 10.9 Å². The van der Waals surface area contributed by atoms with E-state index in [1.165, 1.54) is 24.2 Å². The molecule has 0 radical (unpaired) electrons. The van der Waals surface area contributed by atoms with E-state index < -0.39 is 0 Å². The standard InChI is InChI=1S/C18H20ClN3O2S/c1-11-16(12-6-8-22(11)9-7-12)21-17(23)13-2-4-14(5-3-13)24-18-20-10-15(19)25-18/h2-5,10-12,16H,6-9H2,1H3,(H,21,23)/t11-,16-/m0/s1. The average molecular weight is 378 g/mol. The molecule has 3 aliphatic heterocycles. The fourth-order valence-corrected chi connectivity index (χ4v) is 4.60. The molecule has 0 aliphatic carbocycles. The van der Waals surface area contributed by atoms with E-state index in [4.69, 9.17) is 16.3 Å². The van der Waals surface area contributed by atoms with E-state index in [1.807, 2.05) is 0 Å². The molecule has 7 heteroatoms. The van der Waals surface area contributed by atoms with E-state index in [-0.39, 0.29) is 11.9 Å². The number of piperidine rings is 3. The summed E-state index contributed by atoms with van der Waals surface area (Å²) in [5.41, 5.74) is 0.646. The average Bonchev–Trinajstić information content (AvgIpc) is 3.04. The van der Waals surface area contributed by atoms with Gasteiger partial charge in [0, 0.05) is 17.6 Å². The van der Waals surface area contributed by atoms with E-state index in [2.05, 4.69) is 22.1 Å². The highest BCUT2D eigenvalue weighted by Gasteiger charge is 2.40. The van der Waals surface area contributed by atoms with Crippen molar-refractivity contribution in [2.45, 2.75) is 31.8 Å². The van der Waals surface area contributed by atoms with Crippen LogP contribution in [-0.2, 0) is 0 Å². The fraction of sp³-hybridized carbons (Fsp3) is 0.444. The summed E-state index contributed by atoms with van der Waals surface area (Å²) in [4.78, 5) is 19.1. The largest absolute Gasteiger partial charge is 0.431 e. The van der Waals surface area contributed by atoms with Crippen LogP contribution in [0.2, 0.25) is 4.34 Å². The van der Waals surface area contributed by atoms with E-state index in [0.29, 0.717) is 32.8 Å². The number of benzene rings is 1. The molecule has 3 fully saturated rings. The molecule has 1 N–H and O–H groups in total. The maximum absolute atomic E-state index is 12.6. The van der Waals surface area contributed by atoms with E-state index >= 15 is 0 Å². The van der Waals surface area contributed by atoms with Crippen LogP contribution < -0.4 is 10.1 Å². The zero-order valence-corrected chi connectivity index (χ0v) is 15.5. The second-order valence-corrected chi connectivity index (χ2v) is 8.29. The van der Waals surface area contributed by atoms with Gasteiger partial charge in [0.05, 0.1) is 6.20 Å². The number of ether oxygens (including phenoxy) is 1. The molecule has 2 aromatic rings. The quantitative estimate of drug-likeness (QED) is 0.880. The van der Waals surface area contributed by atoms with Crippen LogP contribution >= 0.6 is 22.9 Å². The minimum absolute atomic E-state index is 0.0190. The molecule has 0 unspecified atom stereocenters. The van der Waals surface area contributed by atoms with Gasteiger partial charge in [-0.15, -0.1) is 0 Å². The van der Waals surface area contributed by atoms with Gasteiger partial charge >= 0.3 is 0 Å². The molecular weight excluding hydrogens is 358 g/mol. The Morgan fingerprint density at radius 3 is 2.64 bits per heavy atom. The Kier molecular flexibility index (Phi) is 4.67. The van der Waals surface area contributed by atoms with Crippen molar-refractivity contribution in [2.75, 3.05) is 13.1 Å². The maximum Gasteiger partial charge on any atom is 0.280 e. The molecule has 5 rings (SSSR count). The van der Waals surface area contributed by atoms with Gasteiger partial charge in [-0.3, -0.25) is 9.69 Å². The van der Waals surface area contributed by atoms with Crippen molar-refractivity contribution in [2.24, 2.45) is 5.92 Å². The normalized spacial score (nSPS) is 27.9. The lowest BCUT2D eigenvalue weighted by molar-refractivity contribution is 0.0217. The topological polar surface area (TPSA) is 54.5 Å². The minimum atomic E-state index is -0.0190. The van der Waals surface area contributed by atoms with Crippen molar-refractivity contribution in [3.05, 3.63) is 40.4 Å². The van der Waals surface area contributed by atoms with Crippen LogP contribution in [0.25, 0.3) is 0 Å². The fourth-order valence-electron chi connectivity index (χ4n) is 3.84. The minimum Gasteiger partial charge on any atom is -0.431 e. The lowest BCUT2D eigenvalue weighted by Crippen LogP contribution is -2.62. The molecule has 1 aromatic heterocycles. The second-order valence-electron chi connectivity index (χ2n) is 6.67. The number of hydrogen-bond acceptors (Lipinski definition) is 5. The predicted molar refractivity (Wildman–Crippen MR) is 98.7 cm³/mol. The number of nitrogens with one attached hydrogen (secondary N) is 1. The summed E-state index contributed by atoms with van der Waals surface area (Å²) in [6.07, 6.45) is 3.91. The highest BCUT2D eigenvalue weighted by molar-refractivity contribution is 7.17. The summed E-state index contributed by atoms with van der Waals surface area (Å²) in [6.45, 7) is 4.53. The molecule has 3 aliphatic rings. The van der Waals surface area contributed by atoms with Crippen LogP contribution in [-0.4, -0.2) is 41.0 Å². The first kappa shape index (κ1) is 16.8. The Hall–Kier alpha value is -1.63. The highest BCUT2D eigenvalue weighted by atomic mass is 35.5. The number of rotatable bonds is 4. The first-order valence-corrected chi connectivity index (χ1v) is 9.74. The van der Waals surface area contributed by atoms with Crippen molar-refractivity contribution in [1.29, 1.82) is 0 Å². The Morgan fingerprint density at radius 1 is 1.32 bits per heavy atom. The van der Waals surface area contributed by atoms with Crippen LogP contribution in [0.3, 0.4) is 0 Å². The number of hydrogen-bond donors (Lipinski definition) is 1. The number of carbonyl (C=O) groups excluding carboxylic acids is 1. The third-order valence-corrected chi connectivity index (χ3v) is 6.25. The first-order chi connectivity index (χ1) is 12.1.